The van der Waals surface area contributed by atoms with E-state index >= 15 is 0 Å². The normalized spacial score (nSPS) is 15.6. The van der Waals surface area contributed by atoms with E-state index < -0.39 is 10.0 Å². The van der Waals surface area contributed by atoms with Gasteiger partial charge in [0.2, 0.25) is 10.0 Å². The molecular weight excluding hydrogens is 436 g/mol. The number of aryl methyl sites for hydroxylation is 1. The molecule has 1 aliphatic rings. The minimum absolute atomic E-state index is 0.202. The topological polar surface area (TPSA) is 75.5 Å². The van der Waals surface area contributed by atoms with Crippen molar-refractivity contribution in [1.29, 1.82) is 0 Å². The van der Waals surface area contributed by atoms with Gasteiger partial charge in [0.05, 0.1) is 10.6 Å². The molecular formula is C25H30N4O3S. The smallest absolute Gasteiger partial charge is 0.271 e. The minimum Gasteiger partial charge on any atom is -0.354 e. The molecule has 0 amide bonds. The van der Waals surface area contributed by atoms with E-state index in [0.717, 1.165) is 11.1 Å². The number of anilines is 1. The molecule has 33 heavy (non-hydrogen) atoms. The molecule has 3 aromatic rings. The van der Waals surface area contributed by atoms with Gasteiger partial charge < -0.3 is 4.90 Å². The molecule has 8 heteroatoms. The summed E-state index contributed by atoms with van der Waals surface area (Å²) in [6.45, 7) is 8.14. The average Bonchev–Trinajstić information content (AvgIpc) is 3.07. The van der Waals surface area contributed by atoms with Crippen molar-refractivity contribution in [1.82, 2.24) is 14.1 Å². The van der Waals surface area contributed by atoms with Crippen LogP contribution in [0.2, 0.25) is 0 Å². The van der Waals surface area contributed by atoms with E-state index in [1.807, 2.05) is 48.2 Å². The Morgan fingerprint density at radius 3 is 2.21 bits per heavy atom. The summed E-state index contributed by atoms with van der Waals surface area (Å²) in [5.41, 5.74) is 2.73. The highest BCUT2D eigenvalue weighted by Crippen LogP contribution is 2.22. The van der Waals surface area contributed by atoms with Crippen LogP contribution >= 0.6 is 0 Å². The maximum absolute atomic E-state index is 13.2. The summed E-state index contributed by atoms with van der Waals surface area (Å²) in [5, 5.41) is 4.57. The van der Waals surface area contributed by atoms with Crippen LogP contribution in [0.25, 0.3) is 5.69 Å². The molecule has 4 rings (SSSR count). The Morgan fingerprint density at radius 2 is 1.55 bits per heavy atom. The molecule has 1 saturated heterocycles. The van der Waals surface area contributed by atoms with E-state index in [4.69, 9.17) is 0 Å². The monoisotopic (exact) mass is 466 g/mol. The van der Waals surface area contributed by atoms with Gasteiger partial charge in [0.1, 0.15) is 5.82 Å². The lowest BCUT2D eigenvalue weighted by atomic mass is 10.0. The zero-order valence-electron chi connectivity index (χ0n) is 19.3. The van der Waals surface area contributed by atoms with Gasteiger partial charge in [-0.2, -0.15) is 8.99 Å². The summed E-state index contributed by atoms with van der Waals surface area (Å²) in [4.78, 5) is 14.8. The Balaban J connectivity index is 1.53. The summed E-state index contributed by atoms with van der Waals surface area (Å²) in [7, 11) is -3.56. The molecule has 1 aromatic heterocycles. The minimum atomic E-state index is -3.56. The second kappa shape index (κ2) is 9.49. The van der Waals surface area contributed by atoms with Crippen LogP contribution in [-0.2, 0) is 10.0 Å². The fraction of sp³-hybridized carbons (Fsp3) is 0.360. The highest BCUT2D eigenvalue weighted by Gasteiger charge is 2.27. The molecule has 2 aromatic carbocycles. The summed E-state index contributed by atoms with van der Waals surface area (Å²) < 4.78 is 29.4. The molecule has 0 N–H and O–H groups in total. The van der Waals surface area contributed by atoms with Crippen LogP contribution in [0.5, 0.6) is 0 Å². The van der Waals surface area contributed by atoms with Crippen LogP contribution in [0, 0.1) is 6.92 Å². The largest absolute Gasteiger partial charge is 0.354 e. The van der Waals surface area contributed by atoms with Crippen LogP contribution in [0.15, 0.2) is 70.4 Å². The Bertz CT molecular complexity index is 1270. The Hall–Kier alpha value is -2.97. The van der Waals surface area contributed by atoms with Gasteiger partial charge in [-0.15, -0.1) is 5.10 Å². The number of hydrogen-bond donors (Lipinski definition) is 0. The third-order valence-electron chi connectivity index (χ3n) is 6.03. The molecule has 0 atom stereocenters. The fourth-order valence-electron chi connectivity index (χ4n) is 3.98. The number of sulfonamides is 1. The summed E-state index contributed by atoms with van der Waals surface area (Å²) in [6, 6.07) is 18.0. The number of hydrogen-bond acceptors (Lipinski definition) is 5. The third kappa shape index (κ3) is 5.02. The molecule has 0 saturated carbocycles. The van der Waals surface area contributed by atoms with Gasteiger partial charge in [-0.25, -0.2) is 8.42 Å². The SMILES string of the molecule is Cc1ccc(-n2nc(N3CCCN(S(=O)(=O)c4ccc(C(C)C)cc4)CC3)ccc2=O)cc1. The Morgan fingerprint density at radius 1 is 0.848 bits per heavy atom. The zero-order valence-corrected chi connectivity index (χ0v) is 20.1. The maximum Gasteiger partial charge on any atom is 0.271 e. The molecule has 1 aliphatic heterocycles. The first-order chi connectivity index (χ1) is 15.8. The standard InChI is InChI=1S/C25H30N4O3S/c1-19(2)21-7-11-23(12-8-21)33(31,32)28-16-4-15-27(17-18-28)24-13-14-25(30)29(26-24)22-9-5-20(3)6-10-22/h5-14,19H,4,15-18H2,1-3H3. The van der Waals surface area contributed by atoms with Crippen LogP contribution in [0.3, 0.4) is 0 Å². The van der Waals surface area contributed by atoms with Crippen molar-refractivity contribution in [2.45, 2.75) is 38.0 Å². The van der Waals surface area contributed by atoms with Crippen LogP contribution < -0.4 is 10.5 Å². The van der Waals surface area contributed by atoms with Crippen molar-refractivity contribution in [2.24, 2.45) is 0 Å². The van der Waals surface area contributed by atoms with Crippen molar-refractivity contribution >= 4 is 15.8 Å². The predicted octanol–water partition coefficient (Wildman–Crippen LogP) is 3.57. The van der Waals surface area contributed by atoms with Gasteiger partial charge in [0, 0.05) is 32.2 Å². The lowest BCUT2D eigenvalue weighted by Gasteiger charge is -2.23. The molecule has 0 aliphatic carbocycles. The van der Waals surface area contributed by atoms with Crippen molar-refractivity contribution < 1.29 is 8.42 Å². The zero-order chi connectivity index (χ0) is 23.6. The lowest BCUT2D eigenvalue weighted by molar-refractivity contribution is 0.433. The van der Waals surface area contributed by atoms with Gasteiger partial charge in [-0.05, 0) is 55.2 Å². The van der Waals surface area contributed by atoms with Crippen LogP contribution in [0.4, 0.5) is 5.82 Å². The second-order valence-electron chi connectivity index (χ2n) is 8.75. The number of benzene rings is 2. The Kier molecular flexibility index (Phi) is 6.67. The van der Waals surface area contributed by atoms with E-state index in [-0.39, 0.29) is 5.56 Å². The van der Waals surface area contributed by atoms with Crippen molar-refractivity contribution in [3.05, 3.63) is 82.1 Å². The fourth-order valence-corrected chi connectivity index (χ4v) is 5.45. The third-order valence-corrected chi connectivity index (χ3v) is 7.94. The molecule has 7 nitrogen and oxygen atoms in total. The number of rotatable bonds is 5. The predicted molar refractivity (Wildman–Crippen MR) is 131 cm³/mol. The lowest BCUT2D eigenvalue weighted by Crippen LogP contribution is -2.36. The van der Waals surface area contributed by atoms with E-state index in [1.165, 1.54) is 10.7 Å². The van der Waals surface area contributed by atoms with Gasteiger partial charge in [0.25, 0.3) is 5.56 Å². The van der Waals surface area contributed by atoms with Gasteiger partial charge in [0.15, 0.2) is 0 Å². The summed E-state index contributed by atoms with van der Waals surface area (Å²) >= 11 is 0. The summed E-state index contributed by atoms with van der Waals surface area (Å²) in [6.07, 6.45) is 0.675. The molecule has 0 bridgehead atoms. The van der Waals surface area contributed by atoms with Crippen molar-refractivity contribution in [3.8, 4) is 5.69 Å². The summed E-state index contributed by atoms with van der Waals surface area (Å²) in [5.74, 6) is 1.01. The van der Waals surface area contributed by atoms with Gasteiger partial charge in [-0.3, -0.25) is 4.79 Å². The molecule has 1 fully saturated rings. The van der Waals surface area contributed by atoms with Gasteiger partial charge in [-0.1, -0.05) is 43.7 Å². The number of aromatic nitrogens is 2. The first-order valence-corrected chi connectivity index (χ1v) is 12.7. The second-order valence-corrected chi connectivity index (χ2v) is 10.7. The molecule has 0 spiro atoms. The quantitative estimate of drug-likeness (QED) is 0.575. The molecule has 174 valence electrons. The average molecular weight is 467 g/mol. The number of nitrogens with zero attached hydrogens (tertiary/aromatic N) is 4. The highest BCUT2D eigenvalue weighted by atomic mass is 32.2. The van der Waals surface area contributed by atoms with E-state index in [1.54, 1.807) is 22.5 Å². The molecule has 2 heterocycles. The first-order valence-electron chi connectivity index (χ1n) is 11.3. The molecule has 0 unspecified atom stereocenters. The van der Waals surface area contributed by atoms with E-state index in [2.05, 4.69) is 18.9 Å². The van der Waals surface area contributed by atoms with Crippen LogP contribution in [0.1, 0.15) is 37.3 Å². The maximum atomic E-state index is 13.2. The van der Waals surface area contributed by atoms with Gasteiger partial charge >= 0.3 is 0 Å². The first kappa shape index (κ1) is 23.2. The Labute approximate surface area is 195 Å². The van der Waals surface area contributed by atoms with Crippen LogP contribution in [-0.4, -0.2) is 48.7 Å². The van der Waals surface area contributed by atoms with E-state index in [0.29, 0.717) is 54.9 Å². The molecule has 0 radical (unpaired) electrons. The van der Waals surface area contributed by atoms with Crippen molar-refractivity contribution in [2.75, 3.05) is 31.1 Å². The van der Waals surface area contributed by atoms with E-state index in [9.17, 15) is 13.2 Å². The highest BCUT2D eigenvalue weighted by molar-refractivity contribution is 7.89. The van der Waals surface area contributed by atoms with Crippen molar-refractivity contribution in [3.63, 3.8) is 0 Å².